The van der Waals surface area contributed by atoms with Gasteiger partial charge in [0.05, 0.1) is 12.1 Å². The molecule has 0 spiro atoms. The number of carboxylic acids is 1. The molecule has 2 heterocycles. The number of carbonyl (C=O) groups excluding carboxylic acids is 5. The summed E-state index contributed by atoms with van der Waals surface area (Å²) in [5, 5.41) is 33.9. The van der Waals surface area contributed by atoms with Gasteiger partial charge in [0.1, 0.15) is 30.2 Å². The largest absolute Gasteiger partial charge is 0.480 e. The van der Waals surface area contributed by atoms with E-state index in [-0.39, 0.29) is 36.6 Å². The lowest BCUT2D eigenvalue weighted by Gasteiger charge is -2.32. The fourth-order valence-corrected chi connectivity index (χ4v) is 5.89. The van der Waals surface area contributed by atoms with E-state index in [1.54, 1.807) is 13.8 Å². The Bertz CT molecular complexity index is 1080. The van der Waals surface area contributed by atoms with Gasteiger partial charge in [-0.1, -0.05) is 54.4 Å². The van der Waals surface area contributed by atoms with Crippen LogP contribution in [-0.4, -0.2) is 106 Å². The monoisotopic (exact) mass is 652 g/mol. The summed E-state index contributed by atoms with van der Waals surface area (Å²) in [6, 6.07) is -5.80. The molecule has 14 nitrogen and oxygen atoms in total. The quantitative estimate of drug-likeness (QED) is 0.115. The summed E-state index contributed by atoms with van der Waals surface area (Å²) in [6.45, 7) is 13.3. The zero-order chi connectivity index (χ0) is 34.7. The number of aliphatic hydroxyl groups is 1. The molecule has 2 saturated heterocycles. The number of amides is 5. The Morgan fingerprint density at radius 2 is 1.39 bits per heavy atom. The SMILES string of the molecule is CC[C@H](C)[C@H](NC(=O)[C@H](CC(C)C)NC(=O)[C@@H](NC(=O)[C@@H]1CCCN1C(=O)[C@@H](NC(=O)[C@@H]1CCCN1)[C@@H](C)O)[C@@H](C)CC)C(=O)O. The van der Waals surface area contributed by atoms with Crippen molar-refractivity contribution < 1.29 is 39.0 Å². The van der Waals surface area contributed by atoms with Crippen LogP contribution in [0.4, 0.5) is 0 Å². The highest BCUT2D eigenvalue weighted by molar-refractivity contribution is 5.97. The third-order valence-corrected chi connectivity index (χ3v) is 9.17. The van der Waals surface area contributed by atoms with Gasteiger partial charge in [-0.3, -0.25) is 24.0 Å². The lowest BCUT2D eigenvalue weighted by Crippen LogP contribution is -2.61. The van der Waals surface area contributed by atoms with E-state index in [0.717, 1.165) is 6.42 Å². The van der Waals surface area contributed by atoms with E-state index in [0.29, 0.717) is 38.6 Å². The Morgan fingerprint density at radius 3 is 1.91 bits per heavy atom. The van der Waals surface area contributed by atoms with Gasteiger partial charge in [-0.05, 0) is 63.3 Å². The molecule has 0 saturated carbocycles. The minimum atomic E-state index is -1.24. The van der Waals surface area contributed by atoms with Gasteiger partial charge in [0.25, 0.3) is 0 Å². The van der Waals surface area contributed by atoms with E-state index >= 15 is 0 Å². The molecule has 46 heavy (non-hydrogen) atoms. The van der Waals surface area contributed by atoms with Crippen molar-refractivity contribution in [2.75, 3.05) is 13.1 Å². The number of hydrogen-bond donors (Lipinski definition) is 7. The van der Waals surface area contributed by atoms with Crippen LogP contribution >= 0.6 is 0 Å². The number of nitrogens with one attached hydrogen (secondary N) is 5. The van der Waals surface area contributed by atoms with Crippen molar-refractivity contribution in [2.45, 2.75) is 136 Å². The molecule has 2 fully saturated rings. The molecule has 7 N–H and O–H groups in total. The van der Waals surface area contributed by atoms with Crippen molar-refractivity contribution >= 4 is 35.5 Å². The fourth-order valence-electron chi connectivity index (χ4n) is 5.89. The molecule has 0 aliphatic carbocycles. The van der Waals surface area contributed by atoms with Crippen molar-refractivity contribution in [3.63, 3.8) is 0 Å². The van der Waals surface area contributed by atoms with Gasteiger partial charge in [-0.15, -0.1) is 0 Å². The summed E-state index contributed by atoms with van der Waals surface area (Å²) in [4.78, 5) is 80.1. The zero-order valence-corrected chi connectivity index (χ0v) is 28.4. The van der Waals surface area contributed by atoms with E-state index in [2.05, 4.69) is 26.6 Å². The first-order valence-electron chi connectivity index (χ1n) is 16.8. The number of aliphatic hydroxyl groups excluding tert-OH is 1. The number of likely N-dealkylation sites (tertiary alicyclic amines) is 1. The van der Waals surface area contributed by atoms with Gasteiger partial charge >= 0.3 is 5.97 Å². The van der Waals surface area contributed by atoms with Crippen molar-refractivity contribution in [2.24, 2.45) is 17.8 Å². The summed E-state index contributed by atoms with van der Waals surface area (Å²) in [5.41, 5.74) is 0. The maximum Gasteiger partial charge on any atom is 0.326 e. The van der Waals surface area contributed by atoms with E-state index in [9.17, 15) is 39.0 Å². The van der Waals surface area contributed by atoms with Crippen LogP contribution in [0.2, 0.25) is 0 Å². The third kappa shape index (κ3) is 10.6. The van der Waals surface area contributed by atoms with Crippen LogP contribution in [0.5, 0.6) is 0 Å². The first-order valence-corrected chi connectivity index (χ1v) is 16.8. The number of carbonyl (C=O) groups is 6. The molecule has 0 aromatic rings. The van der Waals surface area contributed by atoms with Gasteiger partial charge in [0.15, 0.2) is 0 Å². The standard InChI is InChI=1S/C32H56N6O8/c1-8-18(5)24(30(43)34-22(16-17(3)4)28(41)36-25(32(45)46)19(6)9-2)35-29(42)23-13-11-15-38(23)31(44)26(20(7)39)37-27(40)21-12-10-14-33-21/h17-26,33,39H,8-16H2,1-7H3,(H,34,43)(H,35,42)(H,36,41)(H,37,40)(H,45,46)/t18-,19-,20+,21-,22-,23-,24-,25-,26-/m0/s1. The van der Waals surface area contributed by atoms with Gasteiger partial charge < -0.3 is 41.7 Å². The third-order valence-electron chi connectivity index (χ3n) is 9.17. The highest BCUT2D eigenvalue weighted by Gasteiger charge is 2.42. The minimum absolute atomic E-state index is 0.00979. The number of aliphatic carboxylic acids is 1. The minimum Gasteiger partial charge on any atom is -0.480 e. The summed E-state index contributed by atoms with van der Waals surface area (Å²) >= 11 is 0. The number of nitrogens with zero attached hydrogens (tertiary/aromatic N) is 1. The van der Waals surface area contributed by atoms with Crippen molar-refractivity contribution in [1.29, 1.82) is 0 Å². The normalized spacial score (nSPS) is 22.6. The van der Waals surface area contributed by atoms with Gasteiger partial charge in [0, 0.05) is 6.54 Å². The molecule has 262 valence electrons. The number of rotatable bonds is 17. The summed E-state index contributed by atoms with van der Waals surface area (Å²) < 4.78 is 0. The molecular formula is C32H56N6O8. The summed E-state index contributed by atoms with van der Waals surface area (Å²) in [5.74, 6) is -4.56. The molecule has 5 amide bonds. The van der Waals surface area contributed by atoms with Crippen molar-refractivity contribution in [3.05, 3.63) is 0 Å². The molecule has 0 unspecified atom stereocenters. The first kappa shape index (κ1) is 38.9. The molecule has 2 aliphatic heterocycles. The zero-order valence-electron chi connectivity index (χ0n) is 28.4. The first-order chi connectivity index (χ1) is 21.6. The Morgan fingerprint density at radius 1 is 0.783 bits per heavy atom. The molecule has 14 heteroatoms. The van der Waals surface area contributed by atoms with E-state index in [1.165, 1.54) is 11.8 Å². The topological polar surface area (TPSA) is 206 Å². The van der Waals surface area contributed by atoms with Crippen molar-refractivity contribution in [3.8, 4) is 0 Å². The van der Waals surface area contributed by atoms with Crippen molar-refractivity contribution in [1.82, 2.24) is 31.5 Å². The van der Waals surface area contributed by atoms with Crippen LogP contribution < -0.4 is 26.6 Å². The Labute approximate surface area is 272 Å². The summed E-state index contributed by atoms with van der Waals surface area (Å²) in [6.07, 6.45) is 2.40. The average Bonchev–Trinajstić information content (AvgIpc) is 3.72. The van der Waals surface area contributed by atoms with Crippen LogP contribution in [0.25, 0.3) is 0 Å². The van der Waals surface area contributed by atoms with Crippen LogP contribution in [0.1, 0.15) is 93.4 Å². The molecular weight excluding hydrogens is 596 g/mol. The fraction of sp³-hybridized carbons (Fsp3) is 0.812. The summed E-state index contributed by atoms with van der Waals surface area (Å²) in [7, 11) is 0. The molecule has 0 aromatic heterocycles. The Kier molecular flexibility index (Phi) is 15.4. The second kappa shape index (κ2) is 18.2. The second-order valence-corrected chi connectivity index (χ2v) is 13.3. The number of carboxylic acid groups (broad SMARTS) is 1. The van der Waals surface area contributed by atoms with Gasteiger partial charge in [-0.2, -0.15) is 0 Å². The lowest BCUT2D eigenvalue weighted by molar-refractivity contribution is -0.145. The molecule has 0 bridgehead atoms. The lowest BCUT2D eigenvalue weighted by atomic mass is 9.95. The Balaban J connectivity index is 2.20. The maximum atomic E-state index is 13.7. The van der Waals surface area contributed by atoms with Crippen LogP contribution in [0, 0.1) is 17.8 Å². The van der Waals surface area contributed by atoms with Gasteiger partial charge in [0.2, 0.25) is 29.5 Å². The molecule has 0 aromatic carbocycles. The molecule has 2 aliphatic rings. The molecule has 0 radical (unpaired) electrons. The molecule has 9 atom stereocenters. The van der Waals surface area contributed by atoms with Crippen LogP contribution in [-0.2, 0) is 28.8 Å². The molecule has 2 rings (SSSR count). The van der Waals surface area contributed by atoms with Gasteiger partial charge in [-0.25, -0.2) is 4.79 Å². The average molecular weight is 653 g/mol. The highest BCUT2D eigenvalue weighted by Crippen LogP contribution is 2.21. The predicted molar refractivity (Wildman–Crippen MR) is 171 cm³/mol. The maximum absolute atomic E-state index is 13.7. The van der Waals surface area contributed by atoms with E-state index in [4.69, 9.17) is 0 Å². The van der Waals surface area contributed by atoms with E-state index < -0.39 is 72.0 Å². The smallest absolute Gasteiger partial charge is 0.326 e. The second-order valence-electron chi connectivity index (χ2n) is 13.3. The van der Waals surface area contributed by atoms with E-state index in [1.807, 2.05) is 27.7 Å². The van der Waals surface area contributed by atoms with Crippen LogP contribution in [0.15, 0.2) is 0 Å². The predicted octanol–water partition coefficient (Wildman–Crippen LogP) is 0.272. The van der Waals surface area contributed by atoms with Crippen LogP contribution in [0.3, 0.4) is 0 Å². The number of hydrogen-bond acceptors (Lipinski definition) is 8. The Hall–Kier alpha value is -3.26. The highest BCUT2D eigenvalue weighted by atomic mass is 16.4.